The normalized spacial score (nSPS) is 13.4. The topological polar surface area (TPSA) is 67.0 Å². The number of ether oxygens (including phenoxy) is 1. The summed E-state index contributed by atoms with van der Waals surface area (Å²) in [5.74, 6) is 0.806. The van der Waals surface area contributed by atoms with E-state index < -0.39 is 0 Å². The number of methoxy groups -OCH3 is 1. The molecular weight excluding hydrogens is 338 g/mol. The Hall–Kier alpha value is -3.60. The van der Waals surface area contributed by atoms with E-state index in [1.165, 1.54) is 0 Å². The zero-order valence-electron chi connectivity index (χ0n) is 14.7. The van der Waals surface area contributed by atoms with Crippen molar-refractivity contribution in [2.75, 3.05) is 7.11 Å². The Balaban J connectivity index is 1.57. The quantitative estimate of drug-likeness (QED) is 0.580. The summed E-state index contributed by atoms with van der Waals surface area (Å²) in [4.78, 5) is 20.1. The maximum atomic E-state index is 12.1. The van der Waals surface area contributed by atoms with E-state index in [2.05, 4.69) is 16.4 Å². The summed E-state index contributed by atoms with van der Waals surface area (Å²) in [7, 11) is 1.66. The van der Waals surface area contributed by atoms with Gasteiger partial charge in [0.25, 0.3) is 5.91 Å². The Bertz CT molecular complexity index is 1220. The molecule has 0 radical (unpaired) electrons. The minimum Gasteiger partial charge on any atom is -0.497 e. The number of rotatable bonds is 3. The van der Waals surface area contributed by atoms with E-state index in [4.69, 9.17) is 9.72 Å². The number of amides is 1. The third kappa shape index (κ3) is 2.56. The number of aromatic nitrogens is 2. The molecule has 0 aliphatic carbocycles. The average Bonchev–Trinajstić information content (AvgIpc) is 3.26. The molecule has 0 saturated heterocycles. The van der Waals surface area contributed by atoms with Gasteiger partial charge in [-0.1, -0.05) is 30.3 Å². The van der Waals surface area contributed by atoms with Crippen LogP contribution in [0, 0.1) is 0 Å². The predicted octanol–water partition coefficient (Wildman–Crippen LogP) is 4.14. The first kappa shape index (κ1) is 15.6. The van der Waals surface area contributed by atoms with Crippen LogP contribution in [0.4, 0.5) is 0 Å². The van der Waals surface area contributed by atoms with Crippen LogP contribution in [0.15, 0.2) is 48.7 Å². The number of pyridine rings is 1. The van der Waals surface area contributed by atoms with E-state index in [-0.39, 0.29) is 5.91 Å². The number of hydrogen-bond donors (Lipinski definition) is 2. The summed E-state index contributed by atoms with van der Waals surface area (Å²) in [5, 5.41) is 5.87. The van der Waals surface area contributed by atoms with Gasteiger partial charge in [0.1, 0.15) is 5.75 Å². The van der Waals surface area contributed by atoms with Crippen LogP contribution in [0.1, 0.15) is 27.3 Å². The molecule has 27 heavy (non-hydrogen) atoms. The van der Waals surface area contributed by atoms with Crippen molar-refractivity contribution in [2.45, 2.75) is 6.54 Å². The molecule has 0 unspecified atom stereocenters. The van der Waals surface area contributed by atoms with E-state index in [0.717, 1.165) is 49.9 Å². The van der Waals surface area contributed by atoms with Crippen molar-refractivity contribution in [3.05, 3.63) is 71.2 Å². The fourth-order valence-electron chi connectivity index (χ4n) is 3.56. The highest BCUT2D eigenvalue weighted by Crippen LogP contribution is 2.31. The Morgan fingerprint density at radius 1 is 1.07 bits per heavy atom. The Labute approximate surface area is 155 Å². The molecule has 132 valence electrons. The number of hydrogen-bond acceptors (Lipinski definition) is 3. The molecule has 3 heterocycles. The maximum absolute atomic E-state index is 12.1. The third-order valence-electron chi connectivity index (χ3n) is 4.96. The molecule has 0 atom stereocenters. The number of carbonyl (C=O) groups is 1. The van der Waals surface area contributed by atoms with Crippen LogP contribution in [0.3, 0.4) is 0 Å². The van der Waals surface area contributed by atoms with Crippen LogP contribution in [-0.2, 0) is 6.54 Å². The van der Waals surface area contributed by atoms with Gasteiger partial charge in [0, 0.05) is 22.7 Å². The van der Waals surface area contributed by atoms with Crippen molar-refractivity contribution in [1.82, 2.24) is 15.3 Å². The molecule has 5 nitrogen and oxygen atoms in total. The minimum absolute atomic E-state index is 0.0334. The van der Waals surface area contributed by atoms with Crippen molar-refractivity contribution in [1.29, 1.82) is 0 Å². The van der Waals surface area contributed by atoms with Gasteiger partial charge in [-0.05, 0) is 35.2 Å². The summed E-state index contributed by atoms with van der Waals surface area (Å²) in [6, 6.07) is 14.0. The van der Waals surface area contributed by atoms with Gasteiger partial charge in [0.15, 0.2) is 0 Å². The molecular formula is C22H17N3O2. The smallest absolute Gasteiger partial charge is 0.254 e. The number of H-pyrrole nitrogens is 1. The van der Waals surface area contributed by atoms with Gasteiger partial charge in [-0.25, -0.2) is 4.98 Å². The molecule has 5 heteroatoms. The number of fused-ring (bicyclic) bond motifs is 5. The van der Waals surface area contributed by atoms with E-state index in [9.17, 15) is 4.79 Å². The van der Waals surface area contributed by atoms with Crippen molar-refractivity contribution in [3.63, 3.8) is 0 Å². The summed E-state index contributed by atoms with van der Waals surface area (Å²) in [6.45, 7) is 0.507. The molecule has 0 fully saturated rings. The molecule has 1 amide bonds. The maximum Gasteiger partial charge on any atom is 0.254 e. The summed E-state index contributed by atoms with van der Waals surface area (Å²) < 4.78 is 5.19. The summed E-state index contributed by atoms with van der Waals surface area (Å²) in [5.41, 5.74) is 4.50. The second kappa shape index (κ2) is 5.99. The first-order chi connectivity index (χ1) is 13.2. The van der Waals surface area contributed by atoms with Gasteiger partial charge < -0.3 is 15.0 Å². The fourth-order valence-corrected chi connectivity index (χ4v) is 3.56. The monoisotopic (exact) mass is 355 g/mol. The van der Waals surface area contributed by atoms with Crippen LogP contribution in [-0.4, -0.2) is 23.0 Å². The number of nitrogens with zero attached hydrogens (tertiary/aromatic N) is 1. The van der Waals surface area contributed by atoms with E-state index in [0.29, 0.717) is 6.54 Å². The molecule has 2 N–H and O–H groups in total. The Kier molecular flexibility index (Phi) is 3.47. The molecule has 1 aliphatic heterocycles. The fraction of sp³-hybridized carbons (Fsp3) is 0.0909. The van der Waals surface area contributed by atoms with E-state index >= 15 is 0 Å². The van der Waals surface area contributed by atoms with Crippen molar-refractivity contribution >= 4 is 39.7 Å². The lowest BCUT2D eigenvalue weighted by atomic mass is 10.1. The van der Waals surface area contributed by atoms with Gasteiger partial charge in [-0.3, -0.25) is 4.79 Å². The first-order valence-electron chi connectivity index (χ1n) is 8.77. The van der Waals surface area contributed by atoms with Crippen molar-refractivity contribution in [3.8, 4) is 5.75 Å². The van der Waals surface area contributed by atoms with E-state index in [1.54, 1.807) is 7.11 Å². The minimum atomic E-state index is -0.0334. The largest absolute Gasteiger partial charge is 0.497 e. The SMILES string of the molecule is COc1ccc(C=Cc2cc3c(ccc4c5c(nc43)CNC5=O)c[nH]2)cc1. The van der Waals surface area contributed by atoms with Gasteiger partial charge in [0.05, 0.1) is 30.4 Å². The highest BCUT2D eigenvalue weighted by atomic mass is 16.5. The molecule has 0 bridgehead atoms. The third-order valence-corrected chi connectivity index (χ3v) is 4.96. The number of aromatic amines is 1. The molecule has 5 rings (SSSR count). The first-order valence-corrected chi connectivity index (χ1v) is 8.77. The summed E-state index contributed by atoms with van der Waals surface area (Å²) in [6.07, 6.45) is 6.05. The molecule has 2 aromatic carbocycles. The molecule has 1 aliphatic rings. The van der Waals surface area contributed by atoms with Crippen molar-refractivity contribution in [2.24, 2.45) is 0 Å². The van der Waals surface area contributed by atoms with Crippen LogP contribution >= 0.6 is 0 Å². The lowest BCUT2D eigenvalue weighted by Gasteiger charge is -2.03. The highest BCUT2D eigenvalue weighted by molar-refractivity contribution is 6.16. The van der Waals surface area contributed by atoms with Crippen LogP contribution < -0.4 is 10.1 Å². The second-order valence-corrected chi connectivity index (χ2v) is 6.58. The Morgan fingerprint density at radius 2 is 1.93 bits per heavy atom. The van der Waals surface area contributed by atoms with Crippen LogP contribution in [0.2, 0.25) is 0 Å². The second-order valence-electron chi connectivity index (χ2n) is 6.58. The number of benzene rings is 2. The number of nitrogens with one attached hydrogen (secondary N) is 2. The average molecular weight is 355 g/mol. The van der Waals surface area contributed by atoms with Crippen molar-refractivity contribution < 1.29 is 9.53 Å². The van der Waals surface area contributed by atoms with Gasteiger partial charge in [0.2, 0.25) is 0 Å². The molecule has 2 aromatic heterocycles. The number of carbonyl (C=O) groups excluding carboxylic acids is 1. The van der Waals surface area contributed by atoms with Gasteiger partial charge >= 0.3 is 0 Å². The zero-order valence-corrected chi connectivity index (χ0v) is 14.7. The Morgan fingerprint density at radius 3 is 2.74 bits per heavy atom. The van der Waals surface area contributed by atoms with Crippen LogP contribution in [0.25, 0.3) is 33.8 Å². The van der Waals surface area contributed by atoms with Gasteiger partial charge in [-0.2, -0.15) is 0 Å². The lowest BCUT2D eigenvalue weighted by molar-refractivity contribution is 0.0967. The molecule has 0 spiro atoms. The molecule has 4 aromatic rings. The lowest BCUT2D eigenvalue weighted by Crippen LogP contribution is -2.13. The van der Waals surface area contributed by atoms with E-state index in [1.807, 2.05) is 54.7 Å². The zero-order chi connectivity index (χ0) is 18.4. The standard InChI is InChI=1S/C22H17N3O2/c1-27-16-7-3-13(4-8-16)2-6-15-10-18-14(11-23-15)5-9-17-20-19(25-21(17)18)12-24-22(20)26/h2-11,23H,12H2,1H3,(H,24,26). The highest BCUT2D eigenvalue weighted by Gasteiger charge is 2.25. The summed E-state index contributed by atoms with van der Waals surface area (Å²) >= 11 is 0. The predicted molar refractivity (Wildman–Crippen MR) is 107 cm³/mol. The van der Waals surface area contributed by atoms with Gasteiger partial charge in [-0.15, -0.1) is 0 Å². The van der Waals surface area contributed by atoms with Crippen LogP contribution in [0.5, 0.6) is 5.75 Å². The molecule has 0 saturated carbocycles.